The summed E-state index contributed by atoms with van der Waals surface area (Å²) in [4.78, 5) is 29.8. The van der Waals surface area contributed by atoms with Crippen molar-refractivity contribution in [2.24, 2.45) is 5.92 Å². The summed E-state index contributed by atoms with van der Waals surface area (Å²) in [6.45, 7) is 10.4. The first-order valence-corrected chi connectivity index (χ1v) is 17.4. The van der Waals surface area contributed by atoms with Gasteiger partial charge in [0.15, 0.2) is 5.60 Å². The number of aryl methyl sites for hydroxylation is 1. The SMILES string of the molecule is C=CCN1C(=O)[C@]2(O[C@H](CCn3cc([C@H](O)c4ccccc4)nn3)[C@@H]([Si](C)(C)F)[C@@H]2C)c2cc(N3CCC3=O)ccc21. The number of nitrogens with zero attached hydrogens (tertiary/aromatic N) is 5. The molecule has 3 aromatic rings. The molecule has 0 unspecified atom stereocenters. The van der Waals surface area contributed by atoms with Crippen LogP contribution in [0.1, 0.15) is 42.7 Å². The third-order valence-electron chi connectivity index (χ3n) is 9.01. The molecule has 42 heavy (non-hydrogen) atoms. The number of hydrogen-bond donors (Lipinski definition) is 1. The molecule has 2 fully saturated rings. The van der Waals surface area contributed by atoms with Crippen molar-refractivity contribution in [2.75, 3.05) is 22.9 Å². The third kappa shape index (κ3) is 4.50. The molecule has 9 nitrogen and oxygen atoms in total. The monoisotopic (exact) mass is 589 g/mol. The molecule has 2 aromatic carbocycles. The van der Waals surface area contributed by atoms with Crippen LogP contribution in [0.15, 0.2) is 67.4 Å². The molecule has 2 saturated heterocycles. The number of halogens is 1. The smallest absolute Gasteiger partial charge is 0.264 e. The highest BCUT2D eigenvalue weighted by Gasteiger charge is 2.66. The Morgan fingerprint density at radius 3 is 2.64 bits per heavy atom. The number of carbonyl (C=O) groups excluding carboxylic acids is 2. The first-order valence-electron chi connectivity index (χ1n) is 14.4. The average Bonchev–Trinajstić information content (AvgIpc) is 3.62. The molecule has 3 aliphatic rings. The number of rotatable bonds is 9. The zero-order valence-electron chi connectivity index (χ0n) is 24.1. The molecule has 4 heterocycles. The van der Waals surface area contributed by atoms with Crippen LogP contribution in [0.2, 0.25) is 18.6 Å². The highest BCUT2D eigenvalue weighted by Crippen LogP contribution is 2.60. The van der Waals surface area contributed by atoms with Gasteiger partial charge in [0.25, 0.3) is 5.91 Å². The van der Waals surface area contributed by atoms with Gasteiger partial charge in [-0.15, -0.1) is 11.7 Å². The van der Waals surface area contributed by atoms with E-state index in [1.807, 2.05) is 55.5 Å². The van der Waals surface area contributed by atoms with Crippen molar-refractivity contribution in [3.05, 3.63) is 84.2 Å². The minimum atomic E-state index is -3.34. The number of amides is 2. The van der Waals surface area contributed by atoms with Gasteiger partial charge in [0.1, 0.15) is 11.8 Å². The van der Waals surface area contributed by atoms with Gasteiger partial charge in [0.05, 0.1) is 18.0 Å². The summed E-state index contributed by atoms with van der Waals surface area (Å²) in [6.07, 6.45) is 2.81. The number of ether oxygens (including phenoxy) is 1. The average molecular weight is 590 g/mol. The topological polar surface area (TPSA) is 101 Å². The Kier molecular flexibility index (Phi) is 7.15. The number of anilines is 2. The first kappa shape index (κ1) is 28.4. The van der Waals surface area contributed by atoms with E-state index in [9.17, 15) is 14.7 Å². The van der Waals surface area contributed by atoms with Gasteiger partial charge in [-0.2, -0.15) is 0 Å². The van der Waals surface area contributed by atoms with Crippen molar-refractivity contribution < 1.29 is 23.5 Å². The summed E-state index contributed by atoms with van der Waals surface area (Å²) in [5.41, 5.74) is 1.40. The van der Waals surface area contributed by atoms with E-state index in [1.54, 1.807) is 39.8 Å². The Morgan fingerprint density at radius 2 is 2.00 bits per heavy atom. The molecule has 11 heteroatoms. The van der Waals surface area contributed by atoms with Crippen LogP contribution < -0.4 is 9.80 Å². The highest BCUT2D eigenvalue weighted by molar-refractivity contribution is 6.72. The zero-order valence-corrected chi connectivity index (χ0v) is 25.1. The van der Waals surface area contributed by atoms with Gasteiger partial charge in [-0.1, -0.05) is 48.5 Å². The number of carbonyl (C=O) groups is 2. The second-order valence-electron chi connectivity index (χ2n) is 12.0. The maximum absolute atomic E-state index is 16.1. The molecule has 5 atom stereocenters. The summed E-state index contributed by atoms with van der Waals surface area (Å²) in [5, 5.41) is 19.1. The maximum atomic E-state index is 16.1. The van der Waals surface area contributed by atoms with Crippen LogP contribution in [0.4, 0.5) is 15.5 Å². The number of benzene rings is 2. The Morgan fingerprint density at radius 1 is 1.24 bits per heavy atom. The normalized spacial score (nSPS) is 26.1. The molecule has 2 amide bonds. The molecule has 1 N–H and O–H groups in total. The van der Waals surface area contributed by atoms with Crippen molar-refractivity contribution in [3.8, 4) is 0 Å². The van der Waals surface area contributed by atoms with Gasteiger partial charge in [-0.3, -0.25) is 14.3 Å². The van der Waals surface area contributed by atoms with Crippen molar-refractivity contribution >= 4 is 31.6 Å². The van der Waals surface area contributed by atoms with Crippen LogP contribution in [-0.2, 0) is 26.5 Å². The fraction of sp³-hybridized carbons (Fsp3) is 0.419. The van der Waals surface area contributed by atoms with E-state index in [-0.39, 0.29) is 11.8 Å². The second kappa shape index (κ2) is 10.6. The van der Waals surface area contributed by atoms with Gasteiger partial charge in [0.2, 0.25) is 14.3 Å². The fourth-order valence-corrected chi connectivity index (χ4v) is 9.53. The summed E-state index contributed by atoms with van der Waals surface area (Å²) in [6, 6.07) is 14.8. The quantitative estimate of drug-likeness (QED) is 0.171. The van der Waals surface area contributed by atoms with Crippen LogP contribution in [0.3, 0.4) is 0 Å². The van der Waals surface area contributed by atoms with Crippen LogP contribution in [0.5, 0.6) is 0 Å². The number of fused-ring (bicyclic) bond motifs is 2. The lowest BCUT2D eigenvalue weighted by Gasteiger charge is -2.33. The van der Waals surface area contributed by atoms with Crippen LogP contribution >= 0.6 is 0 Å². The van der Waals surface area contributed by atoms with Gasteiger partial charge < -0.3 is 23.8 Å². The summed E-state index contributed by atoms with van der Waals surface area (Å²) < 4.78 is 24.5. The van der Waals surface area contributed by atoms with E-state index in [0.717, 1.165) is 5.69 Å². The predicted octanol–water partition coefficient (Wildman–Crippen LogP) is 4.49. The summed E-state index contributed by atoms with van der Waals surface area (Å²) >= 11 is 0. The Balaban J connectivity index is 1.31. The zero-order chi connectivity index (χ0) is 29.8. The molecule has 1 spiro atoms. The molecule has 0 saturated carbocycles. The van der Waals surface area contributed by atoms with Gasteiger partial charge in [-0.05, 0) is 43.3 Å². The van der Waals surface area contributed by atoms with E-state index in [0.29, 0.717) is 55.0 Å². The maximum Gasteiger partial charge on any atom is 0.264 e. The van der Waals surface area contributed by atoms with E-state index in [1.165, 1.54) is 0 Å². The molecule has 0 aliphatic carbocycles. The van der Waals surface area contributed by atoms with Crippen molar-refractivity contribution in [1.82, 2.24) is 15.0 Å². The number of aromatic nitrogens is 3. The number of hydrogen-bond acceptors (Lipinski definition) is 6. The standard InChI is InChI=1S/C31H36FN5O4Si/c1-5-15-37-25-12-11-22(36-17-14-27(36)38)18-23(25)31(30(37)40)20(2)29(42(3,4)32)26(41-31)13-16-35-19-24(33-34-35)28(39)21-9-7-6-8-10-21/h5-12,18-20,26,28-29,39H,1,13-17H2,2-4H3/t20-,26+,28+,29-,31+/m0/s1. The molecular weight excluding hydrogens is 553 g/mol. The van der Waals surface area contributed by atoms with Crippen LogP contribution in [0, 0.1) is 5.92 Å². The number of aliphatic hydroxyl groups excluding tert-OH is 1. The van der Waals surface area contributed by atoms with Crippen molar-refractivity contribution in [1.29, 1.82) is 0 Å². The molecular formula is C31H36FN5O4Si. The fourth-order valence-electron chi connectivity index (χ4n) is 6.98. The molecule has 220 valence electrons. The molecule has 6 rings (SSSR count). The highest BCUT2D eigenvalue weighted by atomic mass is 28.4. The second-order valence-corrected chi connectivity index (χ2v) is 15.8. The lowest BCUT2D eigenvalue weighted by atomic mass is 9.82. The molecule has 1 aromatic heterocycles. The minimum Gasteiger partial charge on any atom is -0.382 e. The Hall–Kier alpha value is -3.67. The Labute approximate surface area is 245 Å². The van der Waals surface area contributed by atoms with E-state index >= 15 is 4.11 Å². The molecule has 3 aliphatic heterocycles. The van der Waals surface area contributed by atoms with Gasteiger partial charge in [0, 0.05) is 48.8 Å². The number of aliphatic hydroxyl groups is 1. The van der Waals surface area contributed by atoms with E-state index < -0.39 is 37.7 Å². The number of β-lactam (4-membered cyclic amide) rings is 1. The molecule has 0 radical (unpaired) electrons. The largest absolute Gasteiger partial charge is 0.382 e. The summed E-state index contributed by atoms with van der Waals surface area (Å²) in [5.74, 6) is -0.630. The third-order valence-corrected chi connectivity index (χ3v) is 11.5. The van der Waals surface area contributed by atoms with Gasteiger partial charge >= 0.3 is 0 Å². The lowest BCUT2D eigenvalue weighted by molar-refractivity contribution is -0.145. The Bertz CT molecular complexity index is 1520. The minimum absolute atomic E-state index is 0.0364. The van der Waals surface area contributed by atoms with Crippen LogP contribution in [0.25, 0.3) is 0 Å². The van der Waals surface area contributed by atoms with E-state index in [4.69, 9.17) is 4.74 Å². The van der Waals surface area contributed by atoms with Crippen LogP contribution in [-0.4, -0.2) is 59.5 Å². The molecule has 0 bridgehead atoms. The predicted molar refractivity (Wildman–Crippen MR) is 159 cm³/mol. The summed E-state index contributed by atoms with van der Waals surface area (Å²) in [7, 11) is -3.34. The van der Waals surface area contributed by atoms with Crippen molar-refractivity contribution in [3.63, 3.8) is 0 Å². The lowest BCUT2D eigenvalue weighted by Crippen LogP contribution is -2.45. The van der Waals surface area contributed by atoms with Crippen molar-refractivity contribution in [2.45, 2.75) is 62.8 Å². The first-order chi connectivity index (χ1) is 20.1. The van der Waals surface area contributed by atoms with Gasteiger partial charge in [-0.25, -0.2) is 0 Å². The van der Waals surface area contributed by atoms with E-state index in [2.05, 4.69) is 16.9 Å².